The lowest BCUT2D eigenvalue weighted by atomic mass is 9.87. The number of nitro groups is 1. The van der Waals surface area contributed by atoms with Crippen molar-refractivity contribution in [1.82, 2.24) is 14.5 Å². The van der Waals surface area contributed by atoms with E-state index < -0.39 is 37.3 Å². The second-order valence-corrected chi connectivity index (χ2v) is 18.3. The van der Waals surface area contributed by atoms with E-state index in [1.165, 1.54) is 41.3 Å². The van der Waals surface area contributed by atoms with Gasteiger partial charge in [0.2, 0.25) is 0 Å². The largest absolute Gasteiger partial charge is 0.375 e. The van der Waals surface area contributed by atoms with Gasteiger partial charge < -0.3 is 20.9 Å². The number of nitro benzene ring substituents is 1. The Morgan fingerprint density at radius 3 is 2.27 bits per heavy atom. The molecule has 2 aliphatic rings. The molecule has 0 unspecified atom stereocenters. The number of carbonyl (C=O) groups is 2. The van der Waals surface area contributed by atoms with Crippen LogP contribution in [0.1, 0.15) is 58.4 Å². The second-order valence-electron chi connectivity index (χ2n) is 15.1. The lowest BCUT2D eigenvalue weighted by Gasteiger charge is -2.37. The van der Waals surface area contributed by atoms with E-state index in [9.17, 15) is 28.1 Å². The van der Waals surface area contributed by atoms with Gasteiger partial charge in [0.15, 0.2) is 0 Å². The summed E-state index contributed by atoms with van der Waals surface area (Å²) in [5, 5.41) is 16.3. The molecule has 1 atom stereocenters. The number of rotatable bonds is 17. The Morgan fingerprint density at radius 2 is 1.63 bits per heavy atom. The average molecular weight is 861 g/mol. The van der Waals surface area contributed by atoms with E-state index in [0.717, 1.165) is 73.3 Å². The molecule has 4 aromatic carbocycles. The fourth-order valence-electron chi connectivity index (χ4n) is 7.41. The fraction of sp³-hybridized carbons (Fsp3) is 0.349. The molecule has 312 valence electrons. The molecule has 1 saturated heterocycles. The Bertz CT molecular complexity index is 2230. The van der Waals surface area contributed by atoms with E-state index in [-0.39, 0.29) is 22.9 Å². The SMILES string of the molecule is CN(C)CC[C@H](CSc1ccccc1)Nc1c(C(N)=O)cc(S(=O)(=O)NC(=O)c2ccc(N3CCN(CC4=C(c5ccc(Cl)cc5)CCCC4)CC3)cc2)cc1[N+](=O)[O-]. The number of anilines is 2. The molecule has 0 saturated carbocycles. The van der Waals surface area contributed by atoms with Crippen LogP contribution in [-0.4, -0.2) is 100 Å². The van der Waals surface area contributed by atoms with Crippen molar-refractivity contribution < 1.29 is 22.9 Å². The molecule has 4 aromatic rings. The molecule has 1 aliphatic heterocycles. The van der Waals surface area contributed by atoms with Crippen molar-refractivity contribution in [3.8, 4) is 0 Å². The van der Waals surface area contributed by atoms with Gasteiger partial charge in [0, 0.05) is 71.8 Å². The molecule has 0 aromatic heterocycles. The van der Waals surface area contributed by atoms with Crippen LogP contribution in [-0.2, 0) is 10.0 Å². The number of sulfonamides is 1. The van der Waals surface area contributed by atoms with Crippen molar-refractivity contribution in [2.24, 2.45) is 5.73 Å². The van der Waals surface area contributed by atoms with Crippen molar-refractivity contribution in [1.29, 1.82) is 0 Å². The highest BCUT2D eigenvalue weighted by Crippen LogP contribution is 2.35. The van der Waals surface area contributed by atoms with Gasteiger partial charge in [0.25, 0.3) is 27.5 Å². The smallest absolute Gasteiger partial charge is 0.294 e. The van der Waals surface area contributed by atoms with Crippen LogP contribution in [0.25, 0.3) is 5.57 Å². The maximum absolute atomic E-state index is 13.6. The Kier molecular flexibility index (Phi) is 14.7. The van der Waals surface area contributed by atoms with Crippen LogP contribution in [0.2, 0.25) is 5.02 Å². The topological polar surface area (TPSA) is 171 Å². The molecule has 1 fully saturated rings. The third-order valence-corrected chi connectivity index (χ3v) is 13.4. The molecular weight excluding hydrogens is 810 g/mol. The standard InChI is InChI=1S/C43H50ClN7O6S2/c1-48(2)21-20-34(29-58-36-9-4-3-5-10-36)46-41-39(42(45)52)26-37(27-40(41)51(54)55)59(56,57)47-43(53)31-14-18-35(19-15-31)50-24-22-49(23-25-50)28-32-8-6-7-11-38(32)30-12-16-33(44)17-13-30/h3-5,9-10,12-19,26-27,34,46H,6-8,11,20-25,28-29H2,1-2H3,(H2,45,52)(H,47,53)/t34-/m1/s1. The Hall–Kier alpha value is -4.93. The van der Waals surface area contributed by atoms with E-state index in [4.69, 9.17) is 17.3 Å². The highest BCUT2D eigenvalue weighted by Gasteiger charge is 2.30. The molecule has 6 rings (SSSR count). The third kappa shape index (κ3) is 11.6. The summed E-state index contributed by atoms with van der Waals surface area (Å²) >= 11 is 7.68. The summed E-state index contributed by atoms with van der Waals surface area (Å²) in [5.74, 6) is -1.50. The molecule has 2 amide bonds. The van der Waals surface area contributed by atoms with Crippen LogP contribution < -0.4 is 20.7 Å². The van der Waals surface area contributed by atoms with Crippen LogP contribution in [0.4, 0.5) is 17.1 Å². The number of nitrogens with two attached hydrogens (primary N) is 1. The van der Waals surface area contributed by atoms with E-state index in [1.54, 1.807) is 24.3 Å². The summed E-state index contributed by atoms with van der Waals surface area (Å²) in [6.07, 6.45) is 5.10. The number of thioether (sulfide) groups is 1. The monoisotopic (exact) mass is 859 g/mol. The zero-order valence-corrected chi connectivity index (χ0v) is 35.6. The maximum Gasteiger partial charge on any atom is 0.294 e. The van der Waals surface area contributed by atoms with Crippen molar-refractivity contribution in [2.75, 3.05) is 69.3 Å². The van der Waals surface area contributed by atoms with Gasteiger partial charge >= 0.3 is 0 Å². The summed E-state index contributed by atoms with van der Waals surface area (Å²) in [4.78, 5) is 44.7. The lowest BCUT2D eigenvalue weighted by molar-refractivity contribution is -0.384. The molecule has 16 heteroatoms. The number of carbonyl (C=O) groups excluding carboxylic acids is 2. The van der Waals surface area contributed by atoms with Gasteiger partial charge in [-0.3, -0.25) is 24.6 Å². The summed E-state index contributed by atoms with van der Waals surface area (Å²) in [6, 6.07) is 25.8. The summed E-state index contributed by atoms with van der Waals surface area (Å²) in [6.45, 7) is 4.88. The van der Waals surface area contributed by atoms with Gasteiger partial charge in [-0.1, -0.05) is 47.5 Å². The quantitative estimate of drug-likeness (QED) is 0.0560. The van der Waals surface area contributed by atoms with Gasteiger partial charge in [0.1, 0.15) is 5.69 Å². The number of hydrogen-bond donors (Lipinski definition) is 3. The Morgan fingerprint density at radius 1 is 0.949 bits per heavy atom. The van der Waals surface area contributed by atoms with Crippen molar-refractivity contribution in [3.63, 3.8) is 0 Å². The number of nitrogens with zero attached hydrogens (tertiary/aromatic N) is 4. The number of allylic oxidation sites excluding steroid dienone is 1. The molecule has 0 radical (unpaired) electrons. The summed E-state index contributed by atoms with van der Waals surface area (Å²) in [5.41, 5.74) is 9.62. The first kappa shape index (κ1) is 43.6. The van der Waals surface area contributed by atoms with Crippen molar-refractivity contribution >= 4 is 67.8 Å². The molecule has 1 aliphatic carbocycles. The van der Waals surface area contributed by atoms with E-state index in [2.05, 4.69) is 27.2 Å². The average Bonchev–Trinajstić information content (AvgIpc) is 3.22. The van der Waals surface area contributed by atoms with Crippen molar-refractivity contribution in [2.45, 2.75) is 47.9 Å². The van der Waals surface area contributed by atoms with Crippen LogP contribution in [0, 0.1) is 10.1 Å². The Balaban J connectivity index is 1.11. The number of piperazine rings is 1. The van der Waals surface area contributed by atoms with Gasteiger partial charge in [-0.15, -0.1) is 11.8 Å². The van der Waals surface area contributed by atoms with Crippen LogP contribution >= 0.6 is 23.4 Å². The Labute approximate surface area is 355 Å². The van der Waals surface area contributed by atoms with Crippen LogP contribution in [0.3, 0.4) is 0 Å². The molecule has 1 heterocycles. The minimum absolute atomic E-state index is 0.0810. The molecule has 13 nitrogen and oxygen atoms in total. The molecule has 0 spiro atoms. The van der Waals surface area contributed by atoms with E-state index in [1.807, 2.05) is 66.2 Å². The molecule has 4 N–H and O–H groups in total. The molecular formula is C43H50ClN7O6S2. The van der Waals surface area contributed by atoms with Crippen LogP contribution in [0.15, 0.2) is 106 Å². The zero-order chi connectivity index (χ0) is 42.1. The number of halogens is 1. The van der Waals surface area contributed by atoms with E-state index >= 15 is 0 Å². The summed E-state index contributed by atoms with van der Waals surface area (Å²) < 4.78 is 29.2. The van der Waals surface area contributed by atoms with Gasteiger partial charge in [-0.25, -0.2) is 13.1 Å². The minimum Gasteiger partial charge on any atom is -0.375 e. The molecule has 0 bridgehead atoms. The first-order chi connectivity index (χ1) is 28.3. The van der Waals surface area contributed by atoms with E-state index in [0.29, 0.717) is 18.7 Å². The summed E-state index contributed by atoms with van der Waals surface area (Å²) in [7, 11) is -0.879. The first-order valence-corrected chi connectivity index (χ1v) is 22.4. The predicted octanol–water partition coefficient (Wildman–Crippen LogP) is 7.14. The molecule has 59 heavy (non-hydrogen) atoms. The highest BCUT2D eigenvalue weighted by atomic mass is 35.5. The normalized spacial score (nSPS) is 15.6. The van der Waals surface area contributed by atoms with Gasteiger partial charge in [-0.05, 0) is 118 Å². The predicted molar refractivity (Wildman–Crippen MR) is 236 cm³/mol. The number of benzene rings is 4. The minimum atomic E-state index is -4.68. The number of hydrogen-bond acceptors (Lipinski definition) is 11. The van der Waals surface area contributed by atoms with Crippen molar-refractivity contribution in [3.05, 3.63) is 128 Å². The fourth-order valence-corrected chi connectivity index (χ4v) is 9.55. The maximum atomic E-state index is 13.6. The first-order valence-electron chi connectivity index (χ1n) is 19.6. The van der Waals surface area contributed by atoms with Gasteiger partial charge in [-0.2, -0.15) is 0 Å². The highest BCUT2D eigenvalue weighted by molar-refractivity contribution is 7.99. The second kappa shape index (κ2) is 19.9. The lowest BCUT2D eigenvalue weighted by Crippen LogP contribution is -2.47. The number of nitrogens with one attached hydrogen (secondary N) is 2. The number of amides is 2. The van der Waals surface area contributed by atoms with Crippen LogP contribution in [0.5, 0.6) is 0 Å². The third-order valence-electron chi connectivity index (χ3n) is 10.6. The van der Waals surface area contributed by atoms with Gasteiger partial charge in [0.05, 0.1) is 15.4 Å². The zero-order valence-electron chi connectivity index (χ0n) is 33.2. The number of primary amides is 1.